The second-order valence-electron chi connectivity index (χ2n) is 8.47. The Hall–Kier alpha value is -3.90. The zero-order valence-electron chi connectivity index (χ0n) is 19.3. The smallest absolute Gasteiger partial charge is 0.255 e. The van der Waals surface area contributed by atoms with Gasteiger partial charge < -0.3 is 19.5 Å². The van der Waals surface area contributed by atoms with Crippen LogP contribution >= 0.6 is 0 Å². The summed E-state index contributed by atoms with van der Waals surface area (Å²) in [6, 6.07) is 25.7. The summed E-state index contributed by atoms with van der Waals surface area (Å²) >= 11 is 0. The molecule has 1 atom stereocenters. The normalized spacial score (nSPS) is 15.1. The number of aryl methyl sites for hydroxylation is 1. The van der Waals surface area contributed by atoms with Crippen LogP contribution in [0.5, 0.6) is 0 Å². The molecule has 34 heavy (non-hydrogen) atoms. The van der Waals surface area contributed by atoms with E-state index in [-0.39, 0.29) is 24.4 Å². The van der Waals surface area contributed by atoms with Crippen molar-refractivity contribution in [3.05, 3.63) is 95.6 Å². The molecular weight excluding hydrogens is 426 g/mol. The van der Waals surface area contributed by atoms with Gasteiger partial charge in [-0.25, -0.2) is 0 Å². The number of hydrogen-bond donors (Lipinski definition) is 1. The zero-order chi connectivity index (χ0) is 23.7. The van der Waals surface area contributed by atoms with Gasteiger partial charge in [0.25, 0.3) is 5.91 Å². The second-order valence-corrected chi connectivity index (χ2v) is 8.47. The van der Waals surface area contributed by atoms with E-state index in [0.717, 1.165) is 33.3 Å². The van der Waals surface area contributed by atoms with Gasteiger partial charge in [0.2, 0.25) is 5.91 Å². The SMILES string of the molecule is COCCNC(=O)CN1C(=O)c2ccccc2[C@@H]1c1c(-c2ccccc2)n(C)c2ccccc12. The van der Waals surface area contributed by atoms with E-state index in [0.29, 0.717) is 18.7 Å². The molecule has 0 saturated heterocycles. The van der Waals surface area contributed by atoms with Gasteiger partial charge in [0.05, 0.1) is 18.3 Å². The first kappa shape index (κ1) is 21.9. The van der Waals surface area contributed by atoms with Crippen molar-refractivity contribution in [2.24, 2.45) is 7.05 Å². The summed E-state index contributed by atoms with van der Waals surface area (Å²) in [6.45, 7) is 0.794. The molecule has 0 saturated carbocycles. The molecule has 0 fully saturated rings. The Morgan fingerprint density at radius 3 is 2.47 bits per heavy atom. The largest absolute Gasteiger partial charge is 0.383 e. The maximum Gasteiger partial charge on any atom is 0.255 e. The number of ether oxygens (including phenoxy) is 1. The summed E-state index contributed by atoms with van der Waals surface area (Å²) in [5, 5.41) is 3.93. The number of para-hydroxylation sites is 1. The van der Waals surface area contributed by atoms with Crippen molar-refractivity contribution in [3.8, 4) is 11.3 Å². The first-order valence-corrected chi connectivity index (χ1v) is 11.4. The fourth-order valence-corrected chi connectivity index (χ4v) is 4.99. The van der Waals surface area contributed by atoms with Crippen molar-refractivity contribution in [3.63, 3.8) is 0 Å². The number of aromatic nitrogens is 1. The Morgan fingerprint density at radius 1 is 0.971 bits per heavy atom. The maximum atomic E-state index is 13.6. The number of fused-ring (bicyclic) bond motifs is 2. The zero-order valence-corrected chi connectivity index (χ0v) is 19.3. The maximum absolute atomic E-state index is 13.6. The van der Waals surface area contributed by atoms with Crippen molar-refractivity contribution in [1.82, 2.24) is 14.8 Å². The van der Waals surface area contributed by atoms with Gasteiger partial charge in [-0.1, -0.05) is 66.7 Å². The lowest BCUT2D eigenvalue weighted by Crippen LogP contribution is -2.40. The second kappa shape index (κ2) is 9.15. The van der Waals surface area contributed by atoms with Crippen LogP contribution in [0.1, 0.15) is 27.5 Å². The van der Waals surface area contributed by atoms with E-state index < -0.39 is 0 Å². The Morgan fingerprint density at radius 2 is 1.68 bits per heavy atom. The van der Waals surface area contributed by atoms with Crippen molar-refractivity contribution in [2.45, 2.75) is 6.04 Å². The molecule has 5 rings (SSSR count). The summed E-state index contributed by atoms with van der Waals surface area (Å²) in [5.41, 5.74) is 5.79. The Labute approximate surface area is 198 Å². The molecule has 172 valence electrons. The Kier molecular flexibility index (Phi) is 5.90. The van der Waals surface area contributed by atoms with E-state index >= 15 is 0 Å². The fraction of sp³-hybridized carbons (Fsp3) is 0.214. The molecule has 1 N–H and O–H groups in total. The standard InChI is InChI=1S/C28H27N3O3/c1-30-23-15-9-8-14-22(23)25(26(30)19-10-4-3-5-11-19)27-20-12-6-7-13-21(20)28(33)31(27)18-24(32)29-16-17-34-2/h3-15,27H,16-18H2,1-2H3,(H,29,32)/t27-/m1/s1. The third-order valence-electron chi connectivity index (χ3n) is 6.47. The predicted molar refractivity (Wildman–Crippen MR) is 133 cm³/mol. The number of rotatable bonds is 7. The van der Waals surface area contributed by atoms with Gasteiger partial charge in [0.15, 0.2) is 0 Å². The number of carbonyl (C=O) groups is 2. The summed E-state index contributed by atoms with van der Waals surface area (Å²) in [5.74, 6) is -0.334. The van der Waals surface area contributed by atoms with Gasteiger partial charge in [0.1, 0.15) is 6.54 Å². The molecule has 4 aromatic rings. The third-order valence-corrected chi connectivity index (χ3v) is 6.47. The summed E-state index contributed by atoms with van der Waals surface area (Å²) in [4.78, 5) is 28.1. The van der Waals surface area contributed by atoms with Crippen LogP contribution in [0.15, 0.2) is 78.9 Å². The summed E-state index contributed by atoms with van der Waals surface area (Å²) < 4.78 is 7.22. The van der Waals surface area contributed by atoms with Crippen LogP contribution in [0, 0.1) is 0 Å². The highest BCUT2D eigenvalue weighted by Gasteiger charge is 2.41. The number of benzene rings is 3. The minimum absolute atomic E-state index is 0.0284. The molecule has 3 aromatic carbocycles. The number of carbonyl (C=O) groups excluding carboxylic acids is 2. The van der Waals surface area contributed by atoms with Gasteiger partial charge in [-0.2, -0.15) is 0 Å². The third kappa shape index (κ3) is 3.66. The van der Waals surface area contributed by atoms with Crippen LogP contribution in [-0.2, 0) is 16.6 Å². The average Bonchev–Trinajstić information content (AvgIpc) is 3.31. The van der Waals surface area contributed by atoms with Crippen LogP contribution in [0.2, 0.25) is 0 Å². The first-order valence-electron chi connectivity index (χ1n) is 11.4. The van der Waals surface area contributed by atoms with E-state index in [9.17, 15) is 9.59 Å². The number of hydrogen-bond acceptors (Lipinski definition) is 3. The predicted octanol–water partition coefficient (Wildman–Crippen LogP) is 4.15. The molecule has 0 spiro atoms. The summed E-state index contributed by atoms with van der Waals surface area (Å²) in [7, 11) is 3.65. The van der Waals surface area contributed by atoms with Crippen LogP contribution in [0.4, 0.5) is 0 Å². The van der Waals surface area contributed by atoms with E-state index in [4.69, 9.17) is 4.74 Å². The molecule has 0 radical (unpaired) electrons. The first-order chi connectivity index (χ1) is 16.6. The molecule has 0 bridgehead atoms. The van der Waals surface area contributed by atoms with Gasteiger partial charge in [-0.05, 0) is 23.3 Å². The van der Waals surface area contributed by atoms with E-state index in [1.54, 1.807) is 12.0 Å². The number of nitrogens with zero attached hydrogens (tertiary/aromatic N) is 2. The number of methoxy groups -OCH3 is 1. The van der Waals surface area contributed by atoms with Crippen molar-refractivity contribution >= 4 is 22.7 Å². The van der Waals surface area contributed by atoms with E-state index in [1.807, 2.05) is 54.6 Å². The quantitative estimate of drug-likeness (QED) is 0.428. The minimum atomic E-state index is -0.377. The number of nitrogens with one attached hydrogen (secondary N) is 1. The Bertz CT molecular complexity index is 1360. The van der Waals surface area contributed by atoms with Crippen LogP contribution in [0.3, 0.4) is 0 Å². The summed E-state index contributed by atoms with van der Waals surface area (Å²) in [6.07, 6.45) is 0. The van der Waals surface area contributed by atoms with Gasteiger partial charge in [0, 0.05) is 42.7 Å². The molecule has 1 aliphatic heterocycles. The monoisotopic (exact) mass is 453 g/mol. The molecule has 2 heterocycles. The lowest BCUT2D eigenvalue weighted by Gasteiger charge is -2.26. The highest BCUT2D eigenvalue weighted by atomic mass is 16.5. The molecule has 2 amide bonds. The molecular formula is C28H27N3O3. The minimum Gasteiger partial charge on any atom is -0.383 e. The van der Waals surface area contributed by atoms with Crippen molar-refractivity contribution in [2.75, 3.05) is 26.8 Å². The van der Waals surface area contributed by atoms with Crippen LogP contribution < -0.4 is 5.32 Å². The lowest BCUT2D eigenvalue weighted by molar-refractivity contribution is -0.122. The fourth-order valence-electron chi connectivity index (χ4n) is 4.99. The molecule has 6 nitrogen and oxygen atoms in total. The highest BCUT2D eigenvalue weighted by molar-refractivity contribution is 6.03. The van der Waals surface area contributed by atoms with Crippen molar-refractivity contribution in [1.29, 1.82) is 0 Å². The highest BCUT2D eigenvalue weighted by Crippen LogP contribution is 2.46. The lowest BCUT2D eigenvalue weighted by atomic mass is 9.93. The molecule has 1 aromatic heterocycles. The van der Waals surface area contributed by atoms with Gasteiger partial charge in [-0.3, -0.25) is 9.59 Å². The van der Waals surface area contributed by atoms with E-state index in [2.05, 4.69) is 41.2 Å². The molecule has 0 unspecified atom stereocenters. The average molecular weight is 454 g/mol. The van der Waals surface area contributed by atoms with E-state index in [1.165, 1.54) is 0 Å². The van der Waals surface area contributed by atoms with Gasteiger partial charge >= 0.3 is 0 Å². The molecule has 0 aliphatic carbocycles. The van der Waals surface area contributed by atoms with Crippen LogP contribution in [-0.4, -0.2) is 48.1 Å². The topological polar surface area (TPSA) is 63.6 Å². The molecule has 1 aliphatic rings. The van der Waals surface area contributed by atoms with Crippen molar-refractivity contribution < 1.29 is 14.3 Å². The Balaban J connectivity index is 1.70. The van der Waals surface area contributed by atoms with Crippen LogP contribution in [0.25, 0.3) is 22.2 Å². The van der Waals surface area contributed by atoms with Gasteiger partial charge in [-0.15, -0.1) is 0 Å². The number of amides is 2. The molecule has 6 heteroatoms.